The van der Waals surface area contributed by atoms with Gasteiger partial charge in [-0.25, -0.2) is 0 Å². The van der Waals surface area contributed by atoms with Gasteiger partial charge in [-0.1, -0.05) is 63.7 Å². The lowest BCUT2D eigenvalue weighted by molar-refractivity contribution is 1.26. The van der Waals surface area contributed by atoms with Crippen LogP contribution in [0.3, 0.4) is 0 Å². The van der Waals surface area contributed by atoms with Crippen LogP contribution in [0.1, 0.15) is 11.1 Å². The summed E-state index contributed by atoms with van der Waals surface area (Å²) in [6.07, 6.45) is 0. The van der Waals surface area contributed by atoms with Crippen LogP contribution >= 0.6 is 95.6 Å². The van der Waals surface area contributed by atoms with Crippen molar-refractivity contribution in [3.63, 3.8) is 0 Å². The maximum absolute atomic E-state index is 3.54. The van der Waals surface area contributed by atoms with Crippen molar-refractivity contribution < 1.29 is 0 Å². The summed E-state index contributed by atoms with van der Waals surface area (Å²) in [5.41, 5.74) is 2.22. The molecule has 0 saturated carbocycles. The topological polar surface area (TPSA) is 0 Å². The Morgan fingerprint density at radius 2 is 1.50 bits per heavy atom. The van der Waals surface area contributed by atoms with Gasteiger partial charge in [0.25, 0.3) is 0 Å². The SMILES string of the molecule is Cc1c(Br)cc(C(Br)(Br)Br)c(Br)c1Br. The highest BCUT2D eigenvalue weighted by Crippen LogP contribution is 2.50. The number of benzene rings is 1. The summed E-state index contributed by atoms with van der Waals surface area (Å²) in [5, 5.41) is 0. The zero-order valence-electron chi connectivity index (χ0n) is 6.85. The fourth-order valence-electron chi connectivity index (χ4n) is 0.892. The van der Waals surface area contributed by atoms with E-state index >= 15 is 0 Å². The lowest BCUT2D eigenvalue weighted by atomic mass is 10.2. The van der Waals surface area contributed by atoms with Gasteiger partial charge in [0, 0.05) is 19.0 Å². The van der Waals surface area contributed by atoms with Gasteiger partial charge in [0.15, 0.2) is 2.14 Å². The van der Waals surface area contributed by atoms with Crippen molar-refractivity contribution >= 4 is 95.6 Å². The van der Waals surface area contributed by atoms with Gasteiger partial charge in [0.2, 0.25) is 0 Å². The van der Waals surface area contributed by atoms with Gasteiger partial charge in [-0.2, -0.15) is 0 Å². The van der Waals surface area contributed by atoms with Gasteiger partial charge in [-0.05, 0) is 50.4 Å². The zero-order valence-corrected chi connectivity index (χ0v) is 16.4. The van der Waals surface area contributed by atoms with Crippen molar-refractivity contribution in [2.24, 2.45) is 0 Å². The Morgan fingerprint density at radius 3 is 1.93 bits per heavy atom. The molecule has 78 valence electrons. The van der Waals surface area contributed by atoms with Gasteiger partial charge >= 0.3 is 0 Å². The van der Waals surface area contributed by atoms with E-state index in [1.54, 1.807) is 0 Å². The predicted molar refractivity (Wildman–Crippen MR) is 82.7 cm³/mol. The van der Waals surface area contributed by atoms with Gasteiger partial charge < -0.3 is 0 Å². The fourth-order valence-corrected chi connectivity index (χ4v) is 4.46. The number of hydrogen-bond acceptors (Lipinski definition) is 0. The first-order valence-electron chi connectivity index (χ1n) is 3.46. The molecule has 0 spiro atoms. The number of hydrogen-bond donors (Lipinski definition) is 0. The Labute approximate surface area is 133 Å². The molecule has 0 radical (unpaired) electrons. The van der Waals surface area contributed by atoms with Crippen LogP contribution in [0.4, 0.5) is 0 Å². The molecule has 0 unspecified atom stereocenters. The molecular weight excluding hydrogens is 576 g/mol. The molecule has 1 aromatic rings. The van der Waals surface area contributed by atoms with Crippen molar-refractivity contribution in [3.05, 3.63) is 30.6 Å². The molecule has 0 fully saturated rings. The summed E-state index contributed by atoms with van der Waals surface area (Å²) in [5.74, 6) is 0. The van der Waals surface area contributed by atoms with Crippen LogP contribution in [0.5, 0.6) is 0 Å². The van der Waals surface area contributed by atoms with Crippen LogP contribution < -0.4 is 0 Å². The number of halogens is 6. The number of alkyl halides is 3. The quantitative estimate of drug-likeness (QED) is 0.241. The first-order valence-corrected chi connectivity index (χ1v) is 8.22. The average molecular weight is 580 g/mol. The fraction of sp³-hybridized carbons (Fsp3) is 0.250. The monoisotopic (exact) mass is 574 g/mol. The van der Waals surface area contributed by atoms with Crippen LogP contribution in [-0.2, 0) is 2.14 Å². The summed E-state index contributed by atoms with van der Waals surface area (Å²) in [7, 11) is 0. The second kappa shape index (κ2) is 5.17. The Kier molecular flexibility index (Phi) is 5.23. The lowest BCUT2D eigenvalue weighted by Gasteiger charge is -2.18. The standard InChI is InChI=1S/C8H4Br6/c1-3-5(9)2-4(8(12,13)14)7(11)6(3)10/h2H,1H3. The predicted octanol–water partition coefficient (Wildman–Crippen LogP) is 6.58. The number of rotatable bonds is 0. The maximum Gasteiger partial charge on any atom is 0.161 e. The Hall–Kier alpha value is 2.10. The van der Waals surface area contributed by atoms with Gasteiger partial charge in [-0.15, -0.1) is 0 Å². The zero-order chi connectivity index (χ0) is 11.1. The van der Waals surface area contributed by atoms with Crippen LogP contribution in [0.25, 0.3) is 0 Å². The molecule has 0 bridgehead atoms. The summed E-state index contributed by atoms with van der Waals surface area (Å²) < 4.78 is 2.71. The molecular formula is C8H4Br6. The molecule has 0 aromatic heterocycles. The van der Waals surface area contributed by atoms with Crippen molar-refractivity contribution in [3.8, 4) is 0 Å². The lowest BCUT2D eigenvalue weighted by Crippen LogP contribution is -2.01. The first kappa shape index (κ1) is 14.2. The van der Waals surface area contributed by atoms with Crippen molar-refractivity contribution in [1.29, 1.82) is 0 Å². The summed E-state index contributed by atoms with van der Waals surface area (Å²) in [4.78, 5) is 0. The van der Waals surface area contributed by atoms with Crippen LogP contribution in [0.15, 0.2) is 19.5 Å². The highest BCUT2D eigenvalue weighted by Gasteiger charge is 2.26. The highest BCUT2D eigenvalue weighted by atomic mass is 80.0. The second-order valence-electron chi connectivity index (χ2n) is 2.66. The molecule has 0 aliphatic carbocycles. The van der Waals surface area contributed by atoms with Gasteiger partial charge in [-0.3, -0.25) is 0 Å². The molecule has 0 saturated heterocycles. The van der Waals surface area contributed by atoms with Crippen LogP contribution in [0.2, 0.25) is 0 Å². The van der Waals surface area contributed by atoms with E-state index in [4.69, 9.17) is 0 Å². The highest BCUT2D eigenvalue weighted by molar-refractivity contribution is 9.38. The molecule has 0 heterocycles. The van der Waals surface area contributed by atoms with Crippen molar-refractivity contribution in [1.82, 2.24) is 0 Å². The molecule has 0 atom stereocenters. The first-order chi connectivity index (χ1) is 6.25. The third-order valence-electron chi connectivity index (χ3n) is 1.69. The van der Waals surface area contributed by atoms with Crippen LogP contribution in [0, 0.1) is 6.92 Å². The molecule has 0 aliphatic rings. The molecule has 1 aromatic carbocycles. The van der Waals surface area contributed by atoms with E-state index < -0.39 is 2.14 Å². The molecule has 0 nitrogen and oxygen atoms in total. The van der Waals surface area contributed by atoms with E-state index in [9.17, 15) is 0 Å². The van der Waals surface area contributed by atoms with E-state index in [1.807, 2.05) is 13.0 Å². The Balaban J connectivity index is 3.49. The molecule has 0 amide bonds. The minimum absolute atomic E-state index is 0.412. The second-order valence-corrected chi connectivity index (χ2v) is 11.9. The maximum atomic E-state index is 3.54. The van der Waals surface area contributed by atoms with Crippen molar-refractivity contribution in [2.45, 2.75) is 9.07 Å². The molecule has 6 heteroatoms. The Morgan fingerprint density at radius 1 is 1.00 bits per heavy atom. The molecule has 0 aliphatic heterocycles. The van der Waals surface area contributed by atoms with E-state index in [1.165, 1.54) is 0 Å². The summed E-state index contributed by atoms with van der Waals surface area (Å²) in [6, 6.07) is 2.04. The molecule has 14 heavy (non-hydrogen) atoms. The minimum Gasteiger partial charge on any atom is -0.0545 e. The Bertz CT molecular complexity index is 365. The van der Waals surface area contributed by atoms with E-state index in [2.05, 4.69) is 95.6 Å². The molecule has 1 rings (SSSR count). The van der Waals surface area contributed by atoms with Crippen LogP contribution in [-0.4, -0.2) is 0 Å². The molecule has 0 N–H and O–H groups in total. The van der Waals surface area contributed by atoms with Crippen molar-refractivity contribution in [2.75, 3.05) is 0 Å². The van der Waals surface area contributed by atoms with E-state index in [0.29, 0.717) is 0 Å². The largest absolute Gasteiger partial charge is 0.161 e. The van der Waals surface area contributed by atoms with Gasteiger partial charge in [0.1, 0.15) is 0 Å². The summed E-state index contributed by atoms with van der Waals surface area (Å²) >= 11 is 21.1. The van der Waals surface area contributed by atoms with E-state index in [0.717, 1.165) is 24.5 Å². The third-order valence-corrected chi connectivity index (χ3v) is 6.15. The van der Waals surface area contributed by atoms with E-state index in [-0.39, 0.29) is 0 Å². The normalized spacial score (nSPS) is 11.9. The summed E-state index contributed by atoms with van der Waals surface area (Å²) in [6.45, 7) is 2.04. The van der Waals surface area contributed by atoms with Gasteiger partial charge in [0.05, 0.1) is 0 Å². The smallest absolute Gasteiger partial charge is 0.0545 e. The third kappa shape index (κ3) is 3.06. The minimum atomic E-state index is -0.412. The average Bonchev–Trinajstić information content (AvgIpc) is 2.06.